The van der Waals surface area contributed by atoms with Gasteiger partial charge in [-0.2, -0.15) is 5.26 Å². The largest absolute Gasteiger partial charge is 0.456 e. The van der Waals surface area contributed by atoms with Crippen molar-refractivity contribution in [1.29, 1.82) is 5.26 Å². The Bertz CT molecular complexity index is 2030. The van der Waals surface area contributed by atoms with Crippen LogP contribution in [0.1, 0.15) is 139 Å². The summed E-state index contributed by atoms with van der Waals surface area (Å²) < 4.78 is 38.5. The molecule has 3 aromatic carbocycles. The van der Waals surface area contributed by atoms with Crippen molar-refractivity contribution < 1.29 is 47.2 Å². The monoisotopic (exact) mass is 843 g/mol. The predicted molar refractivity (Wildman–Crippen MR) is 227 cm³/mol. The van der Waals surface area contributed by atoms with Crippen LogP contribution in [0.25, 0.3) is 0 Å². The molecule has 2 aliphatic rings. The van der Waals surface area contributed by atoms with Crippen molar-refractivity contribution in [3.63, 3.8) is 0 Å². The molecule has 13 nitrogen and oxygen atoms in total. The van der Waals surface area contributed by atoms with E-state index in [0.29, 0.717) is 48.4 Å². The molecule has 60 heavy (non-hydrogen) atoms. The van der Waals surface area contributed by atoms with Gasteiger partial charge in [0.1, 0.15) is 23.0 Å². The van der Waals surface area contributed by atoms with Crippen LogP contribution >= 0.6 is 8.53 Å². The highest BCUT2D eigenvalue weighted by Crippen LogP contribution is 2.57. The van der Waals surface area contributed by atoms with Crippen molar-refractivity contribution in [3.8, 4) is 29.1 Å². The Hall–Kier alpha value is -4.86. The van der Waals surface area contributed by atoms with Gasteiger partial charge in [0.2, 0.25) is 0 Å². The third-order valence-electron chi connectivity index (χ3n) is 9.88. The molecule has 0 aromatic heterocycles. The summed E-state index contributed by atoms with van der Waals surface area (Å²) in [7, 11) is -1.28. The van der Waals surface area contributed by atoms with E-state index in [4.69, 9.17) is 33.3 Å². The first-order valence-corrected chi connectivity index (χ1v) is 21.7. The molecule has 0 aliphatic carbocycles. The van der Waals surface area contributed by atoms with E-state index in [0.717, 1.165) is 25.7 Å². The van der Waals surface area contributed by atoms with Gasteiger partial charge in [0.15, 0.2) is 5.60 Å². The third-order valence-corrected chi connectivity index (χ3v) is 12.0. The van der Waals surface area contributed by atoms with Crippen LogP contribution in [0.5, 0.6) is 23.0 Å². The van der Waals surface area contributed by atoms with Gasteiger partial charge in [0.05, 0.1) is 42.1 Å². The maximum Gasteiger partial charge on any atom is 0.340 e. The number of carbonyl (C=O) groups is 4. The van der Waals surface area contributed by atoms with Gasteiger partial charge < -0.3 is 33.3 Å². The van der Waals surface area contributed by atoms with Crippen LogP contribution in [-0.2, 0) is 29.0 Å². The summed E-state index contributed by atoms with van der Waals surface area (Å²) in [6.45, 7) is 20.2. The summed E-state index contributed by atoms with van der Waals surface area (Å²) in [5, 5.41) is 12.0. The number of benzene rings is 3. The molecular formula is C46H58N3O10P. The highest BCUT2D eigenvalue weighted by molar-refractivity contribution is 7.44. The van der Waals surface area contributed by atoms with Crippen molar-refractivity contribution in [2.24, 2.45) is 10.8 Å². The Labute approximate surface area is 355 Å². The lowest BCUT2D eigenvalue weighted by Gasteiger charge is -2.37. The molecule has 14 heteroatoms. The van der Waals surface area contributed by atoms with Gasteiger partial charge >= 0.3 is 17.9 Å². The lowest BCUT2D eigenvalue weighted by Crippen LogP contribution is -2.33. The molecule has 0 bridgehead atoms. The number of nitrogens with zero attached hydrogens (tertiary/aromatic N) is 2. The van der Waals surface area contributed by atoms with E-state index in [1.165, 1.54) is 0 Å². The maximum absolute atomic E-state index is 13.7. The molecule has 1 amide bonds. The topological polar surface area (TPSA) is 163 Å². The van der Waals surface area contributed by atoms with E-state index < -0.39 is 42.9 Å². The SMILES string of the molecule is CC(C)N(C(C)C)P(OCCC#N)OCCCCCCNC(=O)c1ccc2c(c1)C1(OC2=O)c2ccc(OC(=O)C(C)(C)C)cc2Oc2cc(OC(=O)C(C)(C)C)ccc21. The predicted octanol–water partition coefficient (Wildman–Crippen LogP) is 9.74. The second kappa shape index (κ2) is 19.2. The fraction of sp³-hybridized carbons (Fsp3) is 0.500. The lowest BCUT2D eigenvalue weighted by molar-refractivity contribution is -0.143. The van der Waals surface area contributed by atoms with Gasteiger partial charge in [-0.1, -0.05) is 12.8 Å². The Balaban J connectivity index is 1.32. The molecule has 1 unspecified atom stereocenters. The molecule has 0 saturated heterocycles. The highest BCUT2D eigenvalue weighted by atomic mass is 31.2. The minimum Gasteiger partial charge on any atom is -0.456 e. The smallest absolute Gasteiger partial charge is 0.340 e. The van der Waals surface area contributed by atoms with Crippen LogP contribution < -0.4 is 19.5 Å². The van der Waals surface area contributed by atoms with Gasteiger partial charge in [-0.05, 0) is 125 Å². The third kappa shape index (κ3) is 10.5. The average molecular weight is 844 g/mol. The highest BCUT2D eigenvalue weighted by Gasteiger charge is 2.54. The molecule has 0 fully saturated rings. The number of hydrogen-bond donors (Lipinski definition) is 1. The number of fused-ring (bicyclic) bond motifs is 6. The quantitative estimate of drug-likeness (QED) is 0.0593. The fourth-order valence-electron chi connectivity index (χ4n) is 6.81. The van der Waals surface area contributed by atoms with Crippen molar-refractivity contribution >= 4 is 32.3 Å². The Morgan fingerprint density at radius 3 is 1.85 bits per heavy atom. The van der Waals surface area contributed by atoms with Crippen molar-refractivity contribution in [2.45, 2.75) is 119 Å². The number of esters is 3. The van der Waals surface area contributed by atoms with Gasteiger partial charge in [0, 0.05) is 53.0 Å². The number of unbranched alkanes of at least 4 members (excludes halogenated alkanes) is 3. The normalized spacial score (nSPS) is 14.5. The molecule has 3 aromatic rings. The second-order valence-corrected chi connectivity index (χ2v) is 19.0. The number of ether oxygens (including phenoxy) is 4. The summed E-state index contributed by atoms with van der Waals surface area (Å²) in [6.07, 6.45) is 3.66. The van der Waals surface area contributed by atoms with Crippen molar-refractivity contribution in [2.75, 3.05) is 19.8 Å². The molecule has 0 radical (unpaired) electrons. The van der Waals surface area contributed by atoms with Crippen LogP contribution in [0, 0.1) is 22.2 Å². The van der Waals surface area contributed by atoms with E-state index in [9.17, 15) is 19.2 Å². The minimum absolute atomic E-state index is 0.225. The first-order chi connectivity index (χ1) is 28.3. The minimum atomic E-state index is -1.55. The van der Waals surface area contributed by atoms with Crippen LogP contribution in [0.3, 0.4) is 0 Å². The average Bonchev–Trinajstić information content (AvgIpc) is 3.45. The van der Waals surface area contributed by atoms with E-state index in [1.807, 2.05) is 0 Å². The summed E-state index contributed by atoms with van der Waals surface area (Å²) in [6, 6.07) is 17.2. The first kappa shape index (κ1) is 46.2. The zero-order valence-electron chi connectivity index (χ0n) is 36.4. The molecule has 322 valence electrons. The standard InChI is InChI=1S/C46H58N3O10P/c1-29(2)49(30(3)4)60(55-25-15-22-47)54-24-14-12-11-13-23-48-40(50)31-16-19-34-37(26-31)46(59-41(34)51)35-20-17-32(56-42(52)44(5,6)7)27-38(35)58-39-28-33(18-21-36(39)46)57-43(53)45(8,9)10/h16-21,26-30H,11-15,23-25H2,1-10H3,(H,48,50). The summed E-state index contributed by atoms with van der Waals surface area (Å²) in [5.74, 6) is -0.838. The molecule has 2 aliphatic heterocycles. The fourth-order valence-corrected chi connectivity index (χ4v) is 8.44. The molecule has 0 saturated carbocycles. The van der Waals surface area contributed by atoms with Gasteiger partial charge in [-0.15, -0.1) is 0 Å². The second-order valence-electron chi connectivity index (χ2n) is 17.6. The van der Waals surface area contributed by atoms with E-state index in [1.54, 1.807) is 96.1 Å². The number of rotatable bonds is 17. The van der Waals surface area contributed by atoms with E-state index >= 15 is 0 Å². The number of amides is 1. The molecule has 5 rings (SSSR count). The molecule has 1 atom stereocenters. The van der Waals surface area contributed by atoms with Gasteiger partial charge in [-0.25, -0.2) is 9.46 Å². The van der Waals surface area contributed by atoms with E-state index in [2.05, 4.69) is 43.8 Å². The Kier molecular flexibility index (Phi) is 14.8. The number of nitriles is 1. The van der Waals surface area contributed by atoms with Gasteiger partial charge in [0.25, 0.3) is 14.4 Å². The van der Waals surface area contributed by atoms with Crippen LogP contribution in [-0.4, -0.2) is 60.3 Å². The number of carbonyl (C=O) groups excluding carboxylic acids is 4. The van der Waals surface area contributed by atoms with E-state index in [-0.39, 0.29) is 46.6 Å². The molecule has 1 N–H and O–H groups in total. The zero-order chi connectivity index (χ0) is 44.0. The Morgan fingerprint density at radius 1 is 0.767 bits per heavy atom. The maximum atomic E-state index is 13.7. The molecule has 2 heterocycles. The number of nitrogens with one attached hydrogen (secondary N) is 1. The molecule has 1 spiro atoms. The zero-order valence-corrected chi connectivity index (χ0v) is 37.3. The first-order valence-electron chi connectivity index (χ1n) is 20.6. The Morgan fingerprint density at radius 2 is 1.32 bits per heavy atom. The lowest BCUT2D eigenvalue weighted by atomic mass is 9.77. The summed E-state index contributed by atoms with van der Waals surface area (Å²) in [4.78, 5) is 52.9. The van der Waals surface area contributed by atoms with Crippen LogP contribution in [0.4, 0.5) is 0 Å². The van der Waals surface area contributed by atoms with Crippen molar-refractivity contribution in [1.82, 2.24) is 9.99 Å². The van der Waals surface area contributed by atoms with Crippen molar-refractivity contribution in [3.05, 3.63) is 82.4 Å². The van der Waals surface area contributed by atoms with Crippen LogP contribution in [0.2, 0.25) is 0 Å². The summed E-state index contributed by atoms with van der Waals surface area (Å²) in [5.41, 5.74) is -1.11. The van der Waals surface area contributed by atoms with Gasteiger partial charge in [-0.3, -0.25) is 14.4 Å². The number of hydrogen-bond acceptors (Lipinski definition) is 12. The molecular weight excluding hydrogens is 785 g/mol. The summed E-state index contributed by atoms with van der Waals surface area (Å²) >= 11 is 0. The van der Waals surface area contributed by atoms with Crippen LogP contribution in [0.15, 0.2) is 54.6 Å².